The van der Waals surface area contributed by atoms with Gasteiger partial charge in [0.25, 0.3) is 0 Å². The highest BCUT2D eigenvalue weighted by Crippen LogP contribution is 2.23. The number of halogens is 2. The van der Waals surface area contributed by atoms with Gasteiger partial charge >= 0.3 is 0 Å². The number of nitrogens with zero attached hydrogens (tertiary/aromatic N) is 4. The molecule has 2 aromatic rings. The van der Waals surface area contributed by atoms with Crippen molar-refractivity contribution in [2.45, 2.75) is 6.42 Å². The molecule has 0 radical (unpaired) electrons. The molecule has 2 heterocycles. The zero-order chi connectivity index (χ0) is 16.1. The fraction of sp³-hybridized carbons (Fsp3) is 0.400. The van der Waals surface area contributed by atoms with Crippen molar-refractivity contribution >= 4 is 35.6 Å². The minimum absolute atomic E-state index is 0. The van der Waals surface area contributed by atoms with E-state index < -0.39 is 0 Å². The molecule has 0 unspecified atom stereocenters. The van der Waals surface area contributed by atoms with Crippen LogP contribution in [-0.4, -0.2) is 58.3 Å². The molecular formula is C15H20Cl2N6O. The summed E-state index contributed by atoms with van der Waals surface area (Å²) in [7, 11) is 0. The third-order valence-corrected chi connectivity index (χ3v) is 3.93. The summed E-state index contributed by atoms with van der Waals surface area (Å²) in [6.45, 7) is 4.08. The molecule has 24 heavy (non-hydrogen) atoms. The van der Waals surface area contributed by atoms with E-state index in [2.05, 4.69) is 25.6 Å². The van der Waals surface area contributed by atoms with Crippen molar-refractivity contribution in [1.29, 1.82) is 0 Å². The molecule has 130 valence electrons. The van der Waals surface area contributed by atoms with Gasteiger partial charge in [0, 0.05) is 18.1 Å². The number of aromatic nitrogens is 3. The van der Waals surface area contributed by atoms with E-state index in [1.807, 2.05) is 6.07 Å². The van der Waals surface area contributed by atoms with Crippen molar-refractivity contribution in [1.82, 2.24) is 25.0 Å². The van der Waals surface area contributed by atoms with Crippen molar-refractivity contribution in [2.24, 2.45) is 0 Å². The van der Waals surface area contributed by atoms with Gasteiger partial charge < -0.3 is 10.6 Å². The maximum atomic E-state index is 12.4. The summed E-state index contributed by atoms with van der Waals surface area (Å²) in [6.07, 6.45) is 4.08. The van der Waals surface area contributed by atoms with E-state index in [-0.39, 0.29) is 18.3 Å². The third-order valence-electron chi connectivity index (χ3n) is 3.70. The van der Waals surface area contributed by atoms with Crippen LogP contribution in [0, 0.1) is 0 Å². The maximum absolute atomic E-state index is 12.4. The minimum Gasteiger partial charge on any atom is -0.323 e. The topological polar surface area (TPSA) is 75.1 Å². The highest BCUT2D eigenvalue weighted by atomic mass is 35.5. The molecule has 1 amide bonds. The summed E-state index contributed by atoms with van der Waals surface area (Å²) in [4.78, 5) is 18.4. The summed E-state index contributed by atoms with van der Waals surface area (Å²) < 4.78 is 1.60. The van der Waals surface area contributed by atoms with Gasteiger partial charge in [-0.15, -0.1) is 12.4 Å². The van der Waals surface area contributed by atoms with Crippen molar-refractivity contribution in [3.63, 3.8) is 0 Å². The molecule has 9 heteroatoms. The molecular weight excluding hydrogens is 351 g/mol. The standard InChI is InChI=1S/C15H19ClN6O.ClH/c16-12-2-3-14(22-11-18-10-19-22)13(8-12)20-15(23)9-21-6-1-4-17-5-7-21;/h2-3,8,10-11,17H,1,4-7,9H2,(H,20,23);1H. The van der Waals surface area contributed by atoms with Crippen LogP contribution in [0.15, 0.2) is 30.9 Å². The Morgan fingerprint density at radius 2 is 2.21 bits per heavy atom. The second kappa shape index (κ2) is 8.98. The number of rotatable bonds is 4. The number of nitrogens with one attached hydrogen (secondary N) is 2. The first-order valence-corrected chi connectivity index (χ1v) is 7.97. The Bertz CT molecular complexity index is 656. The predicted octanol–water partition coefficient (Wildman–Crippen LogP) is 1.58. The number of carbonyl (C=O) groups excluding carboxylic acids is 1. The van der Waals surface area contributed by atoms with Crippen LogP contribution in [0.2, 0.25) is 5.02 Å². The first kappa shape index (κ1) is 18.7. The van der Waals surface area contributed by atoms with E-state index in [4.69, 9.17) is 11.6 Å². The molecule has 0 saturated carbocycles. The molecule has 7 nitrogen and oxygen atoms in total. The van der Waals surface area contributed by atoms with E-state index in [0.717, 1.165) is 38.3 Å². The lowest BCUT2D eigenvalue weighted by atomic mass is 10.2. The first-order valence-electron chi connectivity index (χ1n) is 7.60. The summed E-state index contributed by atoms with van der Waals surface area (Å²) in [6, 6.07) is 5.29. The number of hydrogen-bond donors (Lipinski definition) is 2. The Labute approximate surface area is 151 Å². The van der Waals surface area contributed by atoms with E-state index in [0.29, 0.717) is 17.3 Å². The Morgan fingerprint density at radius 1 is 1.33 bits per heavy atom. The van der Waals surface area contributed by atoms with Gasteiger partial charge in [0.2, 0.25) is 5.91 Å². The van der Waals surface area contributed by atoms with Gasteiger partial charge in [-0.1, -0.05) is 11.6 Å². The molecule has 0 spiro atoms. The molecule has 1 aromatic heterocycles. The SMILES string of the molecule is Cl.O=C(CN1CCCNCC1)Nc1cc(Cl)ccc1-n1cncn1. The van der Waals surface area contributed by atoms with Gasteiger partial charge in [-0.05, 0) is 37.7 Å². The van der Waals surface area contributed by atoms with Gasteiger partial charge in [0.15, 0.2) is 0 Å². The van der Waals surface area contributed by atoms with E-state index in [1.54, 1.807) is 23.1 Å². The molecule has 3 rings (SSSR count). The Morgan fingerprint density at radius 3 is 3.00 bits per heavy atom. The van der Waals surface area contributed by atoms with Crippen LogP contribution in [-0.2, 0) is 4.79 Å². The first-order chi connectivity index (χ1) is 11.2. The predicted molar refractivity (Wildman–Crippen MR) is 96.2 cm³/mol. The molecule has 0 aliphatic carbocycles. The Hall–Kier alpha value is -1.67. The van der Waals surface area contributed by atoms with Gasteiger partial charge in [0.1, 0.15) is 12.7 Å². The molecule has 1 saturated heterocycles. The van der Waals surface area contributed by atoms with E-state index >= 15 is 0 Å². The normalized spacial score (nSPS) is 15.4. The second-order valence-electron chi connectivity index (χ2n) is 5.43. The molecule has 2 N–H and O–H groups in total. The molecule has 1 aliphatic rings. The highest BCUT2D eigenvalue weighted by Gasteiger charge is 2.15. The number of anilines is 1. The van der Waals surface area contributed by atoms with Crippen LogP contribution in [0.1, 0.15) is 6.42 Å². The number of benzene rings is 1. The van der Waals surface area contributed by atoms with Crippen LogP contribution < -0.4 is 10.6 Å². The van der Waals surface area contributed by atoms with Crippen LogP contribution in [0.25, 0.3) is 5.69 Å². The number of carbonyl (C=O) groups is 1. The molecule has 0 atom stereocenters. The van der Waals surface area contributed by atoms with Crippen LogP contribution in [0.3, 0.4) is 0 Å². The minimum atomic E-state index is -0.0597. The summed E-state index contributed by atoms with van der Waals surface area (Å²) in [5.41, 5.74) is 1.36. The Balaban J connectivity index is 0.00000208. The average Bonchev–Trinajstić information content (AvgIpc) is 2.93. The number of amides is 1. The highest BCUT2D eigenvalue weighted by molar-refractivity contribution is 6.31. The van der Waals surface area contributed by atoms with Crippen molar-refractivity contribution < 1.29 is 4.79 Å². The zero-order valence-electron chi connectivity index (χ0n) is 13.1. The van der Waals surface area contributed by atoms with Crippen LogP contribution in [0.4, 0.5) is 5.69 Å². The largest absolute Gasteiger partial charge is 0.323 e. The maximum Gasteiger partial charge on any atom is 0.238 e. The third kappa shape index (κ3) is 4.91. The summed E-state index contributed by atoms with van der Waals surface area (Å²) >= 11 is 6.06. The van der Waals surface area contributed by atoms with Gasteiger partial charge in [-0.2, -0.15) is 5.10 Å². The zero-order valence-corrected chi connectivity index (χ0v) is 14.7. The van der Waals surface area contributed by atoms with Crippen molar-refractivity contribution in [3.8, 4) is 5.69 Å². The van der Waals surface area contributed by atoms with Crippen molar-refractivity contribution in [3.05, 3.63) is 35.9 Å². The average molecular weight is 371 g/mol. The van der Waals surface area contributed by atoms with E-state index in [1.165, 1.54) is 6.33 Å². The molecule has 1 fully saturated rings. The molecule has 1 aromatic carbocycles. The van der Waals surface area contributed by atoms with Gasteiger partial charge in [-0.25, -0.2) is 9.67 Å². The monoisotopic (exact) mass is 370 g/mol. The Kier molecular flexibility index (Phi) is 6.99. The van der Waals surface area contributed by atoms with Crippen LogP contribution in [0.5, 0.6) is 0 Å². The summed E-state index contributed by atoms with van der Waals surface area (Å²) in [5.74, 6) is -0.0597. The van der Waals surface area contributed by atoms with E-state index in [9.17, 15) is 4.79 Å². The van der Waals surface area contributed by atoms with Crippen molar-refractivity contribution in [2.75, 3.05) is 38.0 Å². The van der Waals surface area contributed by atoms with Gasteiger partial charge in [0.05, 0.1) is 17.9 Å². The smallest absolute Gasteiger partial charge is 0.238 e. The quantitative estimate of drug-likeness (QED) is 0.854. The molecule has 1 aliphatic heterocycles. The second-order valence-corrected chi connectivity index (χ2v) is 5.87. The number of hydrogen-bond acceptors (Lipinski definition) is 5. The lowest BCUT2D eigenvalue weighted by Crippen LogP contribution is -2.35. The van der Waals surface area contributed by atoms with Crippen LogP contribution >= 0.6 is 24.0 Å². The lowest BCUT2D eigenvalue weighted by molar-refractivity contribution is -0.117. The fourth-order valence-electron chi connectivity index (χ4n) is 2.59. The summed E-state index contributed by atoms with van der Waals surface area (Å²) in [5, 5.41) is 10.9. The lowest BCUT2D eigenvalue weighted by Gasteiger charge is -2.19. The fourth-order valence-corrected chi connectivity index (χ4v) is 2.77. The van der Waals surface area contributed by atoms with Gasteiger partial charge in [-0.3, -0.25) is 9.69 Å². The molecule has 0 bridgehead atoms.